The van der Waals surface area contributed by atoms with Crippen molar-refractivity contribution in [2.75, 3.05) is 21.3 Å². The number of nitrogens with one attached hydrogen (secondary N) is 1. The van der Waals surface area contributed by atoms with Crippen LogP contribution in [0.25, 0.3) is 0 Å². The molecule has 0 aliphatic heterocycles. The van der Waals surface area contributed by atoms with E-state index in [1.54, 1.807) is 21.3 Å². The molecule has 1 aromatic carbocycles. The molecule has 0 amide bonds. The molecule has 0 unspecified atom stereocenters. The van der Waals surface area contributed by atoms with Gasteiger partial charge in [0.15, 0.2) is 11.5 Å². The summed E-state index contributed by atoms with van der Waals surface area (Å²) in [6.07, 6.45) is 5.27. The van der Waals surface area contributed by atoms with Crippen LogP contribution in [0.15, 0.2) is 12.1 Å². The van der Waals surface area contributed by atoms with Gasteiger partial charge in [0.2, 0.25) is 0 Å². The number of benzene rings is 1. The maximum absolute atomic E-state index is 5.48. The molecule has 1 N–H and O–H groups in total. The molecule has 2 atom stereocenters. The highest BCUT2D eigenvalue weighted by atomic mass is 16.5. The number of rotatable bonds is 6. The van der Waals surface area contributed by atoms with Crippen LogP contribution in [0.5, 0.6) is 17.2 Å². The second-order valence-corrected chi connectivity index (χ2v) is 5.77. The molecule has 0 bridgehead atoms. The summed E-state index contributed by atoms with van der Waals surface area (Å²) >= 11 is 0. The van der Waals surface area contributed by atoms with E-state index in [1.807, 2.05) is 12.1 Å². The van der Waals surface area contributed by atoms with Gasteiger partial charge in [-0.2, -0.15) is 0 Å². The van der Waals surface area contributed by atoms with Crippen LogP contribution in [0.4, 0.5) is 0 Å². The van der Waals surface area contributed by atoms with Crippen molar-refractivity contribution in [1.82, 2.24) is 5.32 Å². The highest BCUT2D eigenvalue weighted by Crippen LogP contribution is 2.35. The van der Waals surface area contributed by atoms with Gasteiger partial charge in [0, 0.05) is 24.2 Å². The fourth-order valence-electron chi connectivity index (χ4n) is 3.09. The molecule has 1 aromatic rings. The zero-order chi connectivity index (χ0) is 15.2. The molecule has 1 aliphatic carbocycles. The molecule has 0 aromatic heterocycles. The molecular formula is C17H27NO3. The van der Waals surface area contributed by atoms with Gasteiger partial charge >= 0.3 is 0 Å². The average molecular weight is 293 g/mol. The zero-order valence-electron chi connectivity index (χ0n) is 13.6. The summed E-state index contributed by atoms with van der Waals surface area (Å²) in [6, 6.07) is 4.48. The molecule has 1 saturated carbocycles. The quantitative estimate of drug-likeness (QED) is 0.873. The SMILES string of the molecule is COc1cc(OC)c(OC)cc1CN[C@H]1CCCC[C@H]1C. The predicted molar refractivity (Wildman–Crippen MR) is 84.4 cm³/mol. The van der Waals surface area contributed by atoms with Crippen LogP contribution in [-0.4, -0.2) is 27.4 Å². The van der Waals surface area contributed by atoms with Crippen molar-refractivity contribution in [1.29, 1.82) is 0 Å². The van der Waals surface area contributed by atoms with E-state index in [-0.39, 0.29) is 0 Å². The normalized spacial score (nSPS) is 21.9. The predicted octanol–water partition coefficient (Wildman–Crippen LogP) is 3.38. The Hall–Kier alpha value is -1.42. The first-order valence-corrected chi connectivity index (χ1v) is 7.71. The van der Waals surface area contributed by atoms with Gasteiger partial charge in [-0.05, 0) is 24.8 Å². The Balaban J connectivity index is 2.10. The van der Waals surface area contributed by atoms with Crippen LogP contribution < -0.4 is 19.5 Å². The van der Waals surface area contributed by atoms with Gasteiger partial charge in [0.1, 0.15) is 5.75 Å². The molecule has 4 heteroatoms. The maximum atomic E-state index is 5.48. The minimum absolute atomic E-state index is 0.594. The average Bonchev–Trinajstić information content (AvgIpc) is 2.53. The van der Waals surface area contributed by atoms with E-state index < -0.39 is 0 Å². The summed E-state index contributed by atoms with van der Waals surface area (Å²) in [5.74, 6) is 3.02. The highest BCUT2D eigenvalue weighted by Gasteiger charge is 2.21. The van der Waals surface area contributed by atoms with Gasteiger partial charge < -0.3 is 19.5 Å². The number of hydrogen-bond acceptors (Lipinski definition) is 4. The van der Waals surface area contributed by atoms with Crippen molar-refractivity contribution in [3.8, 4) is 17.2 Å². The second-order valence-electron chi connectivity index (χ2n) is 5.77. The summed E-state index contributed by atoms with van der Waals surface area (Å²) in [5.41, 5.74) is 1.10. The molecule has 0 radical (unpaired) electrons. The molecule has 2 rings (SSSR count). The molecule has 1 aliphatic rings. The third-order valence-corrected chi connectivity index (χ3v) is 4.45. The monoisotopic (exact) mass is 293 g/mol. The van der Waals surface area contributed by atoms with Crippen LogP contribution in [0.1, 0.15) is 38.2 Å². The van der Waals surface area contributed by atoms with Gasteiger partial charge in [-0.15, -0.1) is 0 Å². The summed E-state index contributed by atoms with van der Waals surface area (Å²) in [7, 11) is 4.98. The third kappa shape index (κ3) is 3.82. The molecule has 1 fully saturated rings. The van der Waals surface area contributed by atoms with Gasteiger partial charge in [-0.3, -0.25) is 0 Å². The van der Waals surface area contributed by atoms with Crippen molar-refractivity contribution in [2.45, 2.75) is 45.2 Å². The van der Waals surface area contributed by atoms with Crippen LogP contribution in [-0.2, 0) is 6.54 Å². The van der Waals surface area contributed by atoms with Gasteiger partial charge in [0.25, 0.3) is 0 Å². The first kappa shape index (κ1) is 16.0. The van der Waals surface area contributed by atoms with Crippen molar-refractivity contribution < 1.29 is 14.2 Å². The van der Waals surface area contributed by atoms with Crippen LogP contribution in [0, 0.1) is 5.92 Å². The molecule has 21 heavy (non-hydrogen) atoms. The molecule has 0 saturated heterocycles. The smallest absolute Gasteiger partial charge is 0.164 e. The van der Waals surface area contributed by atoms with E-state index in [0.29, 0.717) is 11.8 Å². The largest absolute Gasteiger partial charge is 0.496 e. The molecular weight excluding hydrogens is 266 g/mol. The van der Waals surface area contributed by atoms with E-state index in [0.717, 1.165) is 29.5 Å². The van der Waals surface area contributed by atoms with E-state index in [2.05, 4.69) is 12.2 Å². The van der Waals surface area contributed by atoms with E-state index in [4.69, 9.17) is 14.2 Å². The Morgan fingerprint density at radius 3 is 2.19 bits per heavy atom. The molecule has 4 nitrogen and oxygen atoms in total. The Labute approximate surface area is 127 Å². The summed E-state index contributed by atoms with van der Waals surface area (Å²) in [5, 5.41) is 3.67. The van der Waals surface area contributed by atoms with E-state index in [9.17, 15) is 0 Å². The Morgan fingerprint density at radius 1 is 0.952 bits per heavy atom. The van der Waals surface area contributed by atoms with Crippen molar-refractivity contribution >= 4 is 0 Å². The standard InChI is InChI=1S/C17H27NO3/c1-12-7-5-6-8-14(12)18-11-13-9-16(20-3)17(21-4)10-15(13)19-2/h9-10,12,14,18H,5-8,11H2,1-4H3/t12-,14+/m1/s1. The van der Waals surface area contributed by atoms with E-state index in [1.165, 1.54) is 25.7 Å². The van der Waals surface area contributed by atoms with Gasteiger partial charge in [0.05, 0.1) is 21.3 Å². The number of methoxy groups -OCH3 is 3. The Morgan fingerprint density at radius 2 is 1.57 bits per heavy atom. The lowest BCUT2D eigenvalue weighted by Crippen LogP contribution is -2.36. The fraction of sp³-hybridized carbons (Fsp3) is 0.647. The topological polar surface area (TPSA) is 39.7 Å². The molecule has 118 valence electrons. The lowest BCUT2D eigenvalue weighted by Gasteiger charge is -2.30. The Kier molecular flexibility index (Phi) is 5.74. The lowest BCUT2D eigenvalue weighted by atomic mass is 9.86. The fourth-order valence-corrected chi connectivity index (χ4v) is 3.09. The minimum atomic E-state index is 0.594. The van der Waals surface area contributed by atoms with Crippen LogP contribution >= 0.6 is 0 Å². The van der Waals surface area contributed by atoms with Crippen LogP contribution in [0.2, 0.25) is 0 Å². The highest BCUT2D eigenvalue weighted by molar-refractivity contribution is 5.50. The van der Waals surface area contributed by atoms with Crippen LogP contribution in [0.3, 0.4) is 0 Å². The van der Waals surface area contributed by atoms with Crippen molar-refractivity contribution in [2.24, 2.45) is 5.92 Å². The van der Waals surface area contributed by atoms with Gasteiger partial charge in [-0.1, -0.05) is 19.8 Å². The molecule has 0 heterocycles. The third-order valence-electron chi connectivity index (χ3n) is 4.45. The summed E-state index contributed by atoms with van der Waals surface area (Å²) < 4.78 is 16.2. The van der Waals surface area contributed by atoms with E-state index >= 15 is 0 Å². The summed E-state index contributed by atoms with van der Waals surface area (Å²) in [4.78, 5) is 0. The van der Waals surface area contributed by atoms with Crippen molar-refractivity contribution in [3.63, 3.8) is 0 Å². The molecule has 0 spiro atoms. The number of hydrogen-bond donors (Lipinski definition) is 1. The van der Waals surface area contributed by atoms with Crippen molar-refractivity contribution in [3.05, 3.63) is 17.7 Å². The zero-order valence-corrected chi connectivity index (χ0v) is 13.6. The first-order chi connectivity index (χ1) is 10.2. The number of ether oxygens (including phenoxy) is 3. The summed E-state index contributed by atoms with van der Waals surface area (Å²) in [6.45, 7) is 3.13. The maximum Gasteiger partial charge on any atom is 0.164 e. The second kappa shape index (κ2) is 7.55. The first-order valence-electron chi connectivity index (χ1n) is 7.71. The minimum Gasteiger partial charge on any atom is -0.496 e. The van der Waals surface area contributed by atoms with Gasteiger partial charge in [-0.25, -0.2) is 0 Å². The lowest BCUT2D eigenvalue weighted by molar-refractivity contribution is 0.277. The Bertz CT molecular complexity index is 462.